The average molecular weight is 320 g/mol. The molecule has 3 N–H and O–H groups in total. The number of hydrogen-bond donors (Lipinski definition) is 3. The van der Waals surface area contributed by atoms with Gasteiger partial charge in [0.05, 0.1) is 12.5 Å². The van der Waals surface area contributed by atoms with E-state index >= 15 is 0 Å². The molecule has 0 heterocycles. The van der Waals surface area contributed by atoms with Crippen LogP contribution in [0, 0.1) is 28.6 Å². The predicted octanol–water partition coefficient (Wildman–Crippen LogP) is 2.17. The van der Waals surface area contributed by atoms with Crippen LogP contribution in [0.2, 0.25) is 0 Å². The number of hydrogen-bond acceptors (Lipinski definition) is 4. The van der Waals surface area contributed by atoms with Gasteiger partial charge in [0, 0.05) is 5.41 Å². The quantitative estimate of drug-likeness (QED) is 0.598. The Bertz CT molecular complexity index is 580. The molecule has 6 atom stereocenters. The number of carbonyl (C=O) groups is 1. The van der Waals surface area contributed by atoms with Crippen molar-refractivity contribution in [2.75, 3.05) is 0 Å². The van der Waals surface area contributed by atoms with Gasteiger partial charge in [0.25, 0.3) is 0 Å². The summed E-state index contributed by atoms with van der Waals surface area (Å²) in [6, 6.07) is 0. The van der Waals surface area contributed by atoms with Gasteiger partial charge in [-0.15, -0.1) is 0 Å². The third-order valence-electron chi connectivity index (χ3n) is 8.13. The Morgan fingerprint density at radius 1 is 1.09 bits per heavy atom. The largest absolute Gasteiger partial charge is 0.393 e. The average Bonchev–Trinajstić information content (AvgIpc) is 2.76. The van der Waals surface area contributed by atoms with E-state index in [2.05, 4.69) is 6.92 Å². The van der Waals surface area contributed by atoms with Gasteiger partial charge in [0.2, 0.25) is 0 Å². The van der Waals surface area contributed by atoms with E-state index in [4.69, 9.17) is 0 Å². The third-order valence-corrected chi connectivity index (χ3v) is 8.13. The standard InChI is InChI=1S/C19H28O4/c1-17-8-7-15-13(14(17)5-6-16(17)21)4-3-11-9-12(20)10-19(22,23)18(11,15)2/h9,13-16,21-23H,3-8,10H2,1-2H3/t13-,14-,15-,16-,17-,18-/m0/s1. The van der Waals surface area contributed by atoms with E-state index < -0.39 is 11.2 Å². The van der Waals surface area contributed by atoms with E-state index in [9.17, 15) is 20.1 Å². The van der Waals surface area contributed by atoms with Crippen molar-refractivity contribution in [2.45, 2.75) is 70.7 Å². The Labute approximate surface area is 137 Å². The van der Waals surface area contributed by atoms with Crippen molar-refractivity contribution < 1.29 is 20.1 Å². The second-order valence-electron chi connectivity index (χ2n) is 8.88. The first-order chi connectivity index (χ1) is 10.7. The fourth-order valence-electron chi connectivity index (χ4n) is 6.65. The van der Waals surface area contributed by atoms with Gasteiger partial charge in [0.15, 0.2) is 11.6 Å². The number of fused-ring (bicyclic) bond motifs is 5. The molecule has 0 spiro atoms. The van der Waals surface area contributed by atoms with Crippen LogP contribution >= 0.6 is 0 Å². The summed E-state index contributed by atoms with van der Waals surface area (Å²) in [5.41, 5.74) is 0.192. The zero-order valence-electron chi connectivity index (χ0n) is 14.1. The van der Waals surface area contributed by atoms with Crippen molar-refractivity contribution in [2.24, 2.45) is 28.6 Å². The highest BCUT2D eigenvalue weighted by Gasteiger charge is 2.64. The maximum Gasteiger partial charge on any atom is 0.179 e. The summed E-state index contributed by atoms with van der Waals surface area (Å²) in [7, 11) is 0. The lowest BCUT2D eigenvalue weighted by Crippen LogP contribution is -2.61. The molecule has 0 aromatic rings. The smallest absolute Gasteiger partial charge is 0.179 e. The molecule has 0 radical (unpaired) electrons. The van der Waals surface area contributed by atoms with Gasteiger partial charge in [-0.2, -0.15) is 0 Å². The first-order valence-corrected chi connectivity index (χ1v) is 9.07. The highest BCUT2D eigenvalue weighted by Crippen LogP contribution is 2.66. The lowest BCUT2D eigenvalue weighted by atomic mass is 9.46. The molecule has 0 aromatic heterocycles. The molecule has 4 aliphatic rings. The molecule has 0 unspecified atom stereocenters. The highest BCUT2D eigenvalue weighted by molar-refractivity contribution is 5.92. The lowest BCUT2D eigenvalue weighted by molar-refractivity contribution is -0.263. The first kappa shape index (κ1) is 15.8. The second-order valence-corrected chi connectivity index (χ2v) is 8.88. The number of carbonyl (C=O) groups excluding carboxylic acids is 1. The lowest BCUT2D eigenvalue weighted by Gasteiger charge is -2.60. The molecular formula is C19H28O4. The molecule has 4 nitrogen and oxygen atoms in total. The molecule has 0 saturated heterocycles. The Hall–Kier alpha value is -0.710. The van der Waals surface area contributed by atoms with Crippen LogP contribution < -0.4 is 0 Å². The van der Waals surface area contributed by atoms with E-state index in [1.165, 1.54) is 0 Å². The molecule has 0 amide bonds. The summed E-state index contributed by atoms with van der Waals surface area (Å²) in [6.45, 7) is 4.17. The van der Waals surface area contributed by atoms with Crippen molar-refractivity contribution in [3.8, 4) is 0 Å². The van der Waals surface area contributed by atoms with Gasteiger partial charge in [0.1, 0.15) is 0 Å². The van der Waals surface area contributed by atoms with Gasteiger partial charge >= 0.3 is 0 Å². The normalized spacial score (nSPS) is 51.5. The van der Waals surface area contributed by atoms with Crippen LogP contribution in [0.3, 0.4) is 0 Å². The molecule has 4 rings (SSSR count). The molecule has 128 valence electrons. The van der Waals surface area contributed by atoms with Gasteiger partial charge in [-0.3, -0.25) is 4.79 Å². The maximum atomic E-state index is 11.9. The van der Waals surface area contributed by atoms with Crippen LogP contribution in [0.1, 0.15) is 58.8 Å². The maximum absolute atomic E-state index is 11.9. The van der Waals surface area contributed by atoms with Gasteiger partial charge in [-0.05, 0) is 67.8 Å². The summed E-state index contributed by atoms with van der Waals surface area (Å²) in [5.74, 6) is -1.04. The van der Waals surface area contributed by atoms with Crippen molar-refractivity contribution in [3.63, 3.8) is 0 Å². The first-order valence-electron chi connectivity index (χ1n) is 9.07. The molecule has 3 saturated carbocycles. The van der Waals surface area contributed by atoms with Gasteiger partial charge in [-0.25, -0.2) is 0 Å². The third kappa shape index (κ3) is 1.86. The van der Waals surface area contributed by atoms with Gasteiger partial charge in [-0.1, -0.05) is 19.4 Å². The summed E-state index contributed by atoms with van der Waals surface area (Å²) in [6.07, 6.45) is 6.78. The summed E-state index contributed by atoms with van der Waals surface area (Å²) in [4.78, 5) is 11.9. The second kappa shape index (κ2) is 4.68. The monoisotopic (exact) mass is 320 g/mol. The van der Waals surface area contributed by atoms with Crippen LogP contribution in [0.15, 0.2) is 11.6 Å². The van der Waals surface area contributed by atoms with Crippen LogP contribution in [0.25, 0.3) is 0 Å². The van der Waals surface area contributed by atoms with E-state index in [0.29, 0.717) is 11.8 Å². The predicted molar refractivity (Wildman–Crippen MR) is 85.3 cm³/mol. The Balaban J connectivity index is 1.76. The zero-order chi connectivity index (χ0) is 16.6. The fraction of sp³-hybridized carbons (Fsp3) is 0.842. The molecule has 0 aliphatic heterocycles. The summed E-state index contributed by atoms with van der Waals surface area (Å²) < 4.78 is 0. The van der Waals surface area contributed by atoms with Crippen LogP contribution in [0.4, 0.5) is 0 Å². The van der Waals surface area contributed by atoms with E-state index in [-0.39, 0.29) is 29.6 Å². The number of aliphatic hydroxyl groups excluding tert-OH is 1. The van der Waals surface area contributed by atoms with E-state index in [1.807, 2.05) is 6.92 Å². The Kier molecular flexibility index (Phi) is 3.21. The van der Waals surface area contributed by atoms with Crippen molar-refractivity contribution in [1.29, 1.82) is 0 Å². The van der Waals surface area contributed by atoms with Crippen LogP contribution in [0.5, 0.6) is 0 Å². The topological polar surface area (TPSA) is 77.8 Å². The minimum absolute atomic E-state index is 0.0171. The highest BCUT2D eigenvalue weighted by atomic mass is 16.5. The Morgan fingerprint density at radius 3 is 2.57 bits per heavy atom. The minimum Gasteiger partial charge on any atom is -0.393 e. The SMILES string of the molecule is C[C@]12CC[C@H]3[C@@H](CCC4=CC(=O)CC(O)(O)[C@@]43C)[C@@H]1CC[C@@H]2O. The number of rotatable bonds is 0. The van der Waals surface area contributed by atoms with Crippen molar-refractivity contribution >= 4 is 5.78 Å². The van der Waals surface area contributed by atoms with E-state index in [0.717, 1.165) is 44.1 Å². The molecule has 4 aliphatic carbocycles. The number of aliphatic hydroxyl groups is 3. The van der Waals surface area contributed by atoms with Gasteiger partial charge < -0.3 is 15.3 Å². The molecule has 0 aromatic carbocycles. The number of ketones is 1. The molecular weight excluding hydrogens is 292 g/mol. The molecule has 0 bridgehead atoms. The molecule has 4 heteroatoms. The summed E-state index contributed by atoms with van der Waals surface area (Å²) in [5, 5.41) is 31.9. The fourth-order valence-corrected chi connectivity index (χ4v) is 6.65. The Morgan fingerprint density at radius 2 is 1.83 bits per heavy atom. The summed E-state index contributed by atoms with van der Waals surface area (Å²) >= 11 is 0. The minimum atomic E-state index is -1.94. The van der Waals surface area contributed by atoms with Crippen LogP contribution in [-0.4, -0.2) is 33.0 Å². The van der Waals surface area contributed by atoms with Crippen LogP contribution in [-0.2, 0) is 4.79 Å². The molecule has 3 fully saturated rings. The van der Waals surface area contributed by atoms with Crippen molar-refractivity contribution in [3.05, 3.63) is 11.6 Å². The van der Waals surface area contributed by atoms with Crippen molar-refractivity contribution in [1.82, 2.24) is 0 Å². The zero-order valence-corrected chi connectivity index (χ0v) is 14.1. The molecule has 23 heavy (non-hydrogen) atoms. The van der Waals surface area contributed by atoms with E-state index in [1.54, 1.807) is 6.08 Å².